The SMILES string of the molecule is COCN(c1cc(Cl)cnc1Br)S(=O)(=O)c1ccc(Cl)c(C(F)(F)F)c1.COCN(c1cc(Cl)cnc1C(O)c1c(Cl)ccc2[nH]c(=O)oc12)S(=O)(=O)c1ccc(Cl)c(C(F)(F)F)c1.COCN(c1cc(Cl)cnc1C(O)c1c(Cl)ccc2[nH]c(=O)oc12)S(=O)(=O)c1ccc(Cl)c(C(F)F)c1.COc1c(Cl)ccc2[nH]c(=O)oc12.Cl.O=C(c1ncc(Cl)cc1NS(=O)(=O)c1ccc(Cl)c(C(F)(F)F)c1)c1c(Cl)ccc2[nH]c(=O)oc12. The molecule has 0 spiro atoms. The van der Waals surface area contributed by atoms with Crippen molar-refractivity contribution in [2.24, 2.45) is 0 Å². The summed E-state index contributed by atoms with van der Waals surface area (Å²) in [5, 5.41) is 20.5. The Bertz CT molecular complexity index is 8640. The Morgan fingerprint density at radius 3 is 1.13 bits per heavy atom. The summed E-state index contributed by atoms with van der Waals surface area (Å²) in [6.45, 7) is -1.81. The second-order valence-corrected chi connectivity index (χ2v) is 42.6. The number of fused-ring (bicyclic) bond motifs is 4. The van der Waals surface area contributed by atoms with Crippen LogP contribution in [0.1, 0.15) is 79.5 Å². The maximum Gasteiger partial charge on any atom is 0.417 e. The minimum Gasteiger partial charge on any atom is -0.491 e. The number of methoxy groups -OCH3 is 4. The number of hydrogen-bond donors (Lipinski definition) is 7. The van der Waals surface area contributed by atoms with Crippen LogP contribution in [0.4, 0.5) is 71.0 Å². The highest BCUT2D eigenvalue weighted by atomic mass is 79.9. The maximum atomic E-state index is 13.6. The van der Waals surface area contributed by atoms with Gasteiger partial charge in [-0.15, -0.1) is 12.4 Å². The van der Waals surface area contributed by atoms with E-state index in [1.807, 2.05) is 4.72 Å². The Kier molecular flexibility index (Phi) is 38.4. The monoisotopic (exact) mass is 2500 g/mol. The fraction of sp³-hybridized carbons (Fsp3) is 0.151. The zero-order valence-electron chi connectivity index (χ0n) is 74.2. The summed E-state index contributed by atoms with van der Waals surface area (Å²) >= 11 is 74.1. The van der Waals surface area contributed by atoms with Crippen molar-refractivity contribution in [1.82, 2.24) is 39.9 Å². The average Bonchev–Trinajstić information content (AvgIpc) is 1.19. The lowest BCUT2D eigenvalue weighted by Gasteiger charge is -2.27. The zero-order valence-corrected chi connectivity index (χ0v) is 89.0. The molecule has 0 saturated carbocycles. The Labute approximate surface area is 908 Å². The number of halogens is 25. The lowest BCUT2D eigenvalue weighted by molar-refractivity contribution is -0.138. The molecule has 8 aromatic carbocycles. The number of carbonyl (C=O) groups is 1. The summed E-state index contributed by atoms with van der Waals surface area (Å²) in [6, 6.07) is 25.4. The van der Waals surface area contributed by atoms with Crippen molar-refractivity contribution in [2.45, 2.75) is 56.7 Å². The van der Waals surface area contributed by atoms with Crippen molar-refractivity contribution in [2.75, 3.05) is 66.3 Å². The predicted molar refractivity (Wildman–Crippen MR) is 539 cm³/mol. The van der Waals surface area contributed by atoms with Gasteiger partial charge in [-0.2, -0.15) is 39.5 Å². The van der Waals surface area contributed by atoms with Gasteiger partial charge in [0, 0.05) is 56.7 Å². The quantitative estimate of drug-likeness (QED) is 0.0115. The first-order valence-corrected chi connectivity index (χ1v) is 51.0. The summed E-state index contributed by atoms with van der Waals surface area (Å²) in [7, 11) is -13.5. The number of ketones is 1. The highest BCUT2D eigenvalue weighted by molar-refractivity contribution is 9.10. The van der Waals surface area contributed by atoms with Gasteiger partial charge in [-0.25, -0.2) is 84.5 Å². The largest absolute Gasteiger partial charge is 0.491 e. The van der Waals surface area contributed by atoms with Gasteiger partial charge in [0.25, 0.3) is 46.5 Å². The molecule has 150 heavy (non-hydrogen) atoms. The lowest BCUT2D eigenvalue weighted by atomic mass is 10.0. The van der Waals surface area contributed by atoms with E-state index in [0.717, 1.165) is 96.7 Å². The number of alkyl halides is 11. The van der Waals surface area contributed by atoms with Crippen molar-refractivity contribution >= 4 is 281 Å². The molecular formula is C86H57BrCl13F11N12O23S4. The van der Waals surface area contributed by atoms with E-state index in [2.05, 4.69) is 55.8 Å². The third kappa shape index (κ3) is 26.6. The van der Waals surface area contributed by atoms with Crippen LogP contribution in [0.2, 0.25) is 60.3 Å². The molecule has 2 unspecified atom stereocenters. The number of rotatable bonds is 26. The van der Waals surface area contributed by atoms with Gasteiger partial charge in [-0.05, 0) is 162 Å². The third-order valence-electron chi connectivity index (χ3n) is 20.1. The molecule has 0 bridgehead atoms. The molecule has 8 heterocycles. The van der Waals surface area contributed by atoms with Crippen LogP contribution in [0.5, 0.6) is 5.75 Å². The van der Waals surface area contributed by atoms with Crippen molar-refractivity contribution in [3.05, 3.63) is 333 Å². The van der Waals surface area contributed by atoms with Crippen LogP contribution in [-0.4, -0.2) is 138 Å². The van der Waals surface area contributed by atoms with Crippen LogP contribution in [0.15, 0.2) is 231 Å². The van der Waals surface area contributed by atoms with Crippen LogP contribution < -0.4 is 45.4 Å². The number of nitrogens with one attached hydrogen (secondary N) is 5. The molecule has 16 aromatic rings. The average molecular weight is 2500 g/mol. The number of pyridine rings is 4. The number of H-pyrrole nitrogens is 4. The molecule has 0 aliphatic rings. The van der Waals surface area contributed by atoms with Crippen molar-refractivity contribution in [3.63, 3.8) is 0 Å². The maximum absolute atomic E-state index is 13.6. The number of aromatic amines is 4. The van der Waals surface area contributed by atoms with E-state index in [-0.39, 0.29) is 136 Å². The first kappa shape index (κ1) is 119. The number of oxazole rings is 4. The number of anilines is 4. The number of nitrogens with zero attached hydrogens (tertiary/aromatic N) is 7. The van der Waals surface area contributed by atoms with Crippen molar-refractivity contribution in [1.29, 1.82) is 0 Å². The topological polar surface area (TPSA) is 488 Å². The van der Waals surface area contributed by atoms with Gasteiger partial charge < -0.3 is 46.8 Å². The molecule has 64 heteroatoms. The van der Waals surface area contributed by atoms with E-state index >= 15 is 0 Å². The Hall–Kier alpha value is -10.8. The number of aromatic nitrogens is 8. The zero-order chi connectivity index (χ0) is 110. The first-order chi connectivity index (χ1) is 69.7. The molecule has 0 aliphatic carbocycles. The van der Waals surface area contributed by atoms with E-state index in [1.165, 1.54) is 76.1 Å². The van der Waals surface area contributed by atoms with E-state index in [0.29, 0.717) is 48.7 Å². The number of aliphatic hydroxyl groups is 2. The molecule has 0 saturated heterocycles. The fourth-order valence-electron chi connectivity index (χ4n) is 13.5. The Morgan fingerprint density at radius 2 is 0.733 bits per heavy atom. The molecule has 0 radical (unpaired) electrons. The molecule has 8 aromatic heterocycles. The van der Waals surface area contributed by atoms with E-state index in [9.17, 15) is 116 Å². The fourth-order valence-corrected chi connectivity index (χ4v) is 21.8. The smallest absolute Gasteiger partial charge is 0.417 e. The van der Waals surface area contributed by atoms with Gasteiger partial charge >= 0.3 is 41.6 Å². The summed E-state index contributed by atoms with van der Waals surface area (Å²) < 4.78 is 296. The van der Waals surface area contributed by atoms with Crippen LogP contribution in [0.3, 0.4) is 0 Å². The molecule has 2 atom stereocenters. The van der Waals surface area contributed by atoms with Gasteiger partial charge in [-0.1, -0.05) is 139 Å². The highest BCUT2D eigenvalue weighted by Gasteiger charge is 2.42. The molecule has 0 amide bonds. The number of benzene rings is 8. The molecule has 35 nitrogen and oxygen atoms in total. The van der Waals surface area contributed by atoms with E-state index in [4.69, 9.17) is 176 Å². The van der Waals surface area contributed by atoms with Crippen LogP contribution in [0.25, 0.3) is 44.4 Å². The Morgan fingerprint density at radius 1 is 0.413 bits per heavy atom. The molecule has 7 N–H and O–H groups in total. The second kappa shape index (κ2) is 48.2. The van der Waals surface area contributed by atoms with Crippen molar-refractivity contribution in [3.8, 4) is 5.75 Å². The normalized spacial score (nSPS) is 12.4. The number of sulfonamides is 4. The van der Waals surface area contributed by atoms with Gasteiger partial charge in [0.15, 0.2) is 28.1 Å². The number of carbonyl (C=O) groups excluding carboxylic acids is 1. The lowest BCUT2D eigenvalue weighted by Crippen LogP contribution is -2.34. The van der Waals surface area contributed by atoms with Crippen LogP contribution in [0, 0.1) is 0 Å². The minimum absolute atomic E-state index is 0. The third-order valence-corrected chi connectivity index (χ3v) is 30.7. The minimum atomic E-state index is -4.94. The van der Waals surface area contributed by atoms with E-state index < -0.39 is 195 Å². The predicted octanol–water partition coefficient (Wildman–Crippen LogP) is 23.4. The summed E-state index contributed by atoms with van der Waals surface area (Å²) in [5.74, 6) is -3.62. The van der Waals surface area contributed by atoms with E-state index in [1.54, 1.807) is 12.1 Å². The van der Waals surface area contributed by atoms with Crippen LogP contribution in [-0.2, 0) is 72.8 Å². The van der Waals surface area contributed by atoms with Gasteiger partial charge in [0.05, 0.1) is 172 Å². The van der Waals surface area contributed by atoms with Gasteiger partial charge in [-0.3, -0.25) is 39.4 Å². The molecule has 798 valence electrons. The highest BCUT2D eigenvalue weighted by Crippen LogP contribution is 2.47. The molecule has 16 rings (SSSR count). The number of hydrogen-bond acceptors (Lipinski definition) is 27. The first-order valence-electron chi connectivity index (χ1n) is 39.9. The summed E-state index contributed by atoms with van der Waals surface area (Å²) in [6.07, 6.45) is -16.7. The summed E-state index contributed by atoms with van der Waals surface area (Å²) in [4.78, 5) is 82.2. The standard InChI is InChI=1S/C22H15Cl3F3N3O6S.C22H16Cl3F2N3O6S.C20H9Cl3F3N3O5S.C14H10BrCl2F3N2O3S.C8H6ClNO3.ClH/c1-36-9-31(38(34,35)11-2-3-13(24)12(7-11)22(26,27)28)16-6-10(23)8-29-18(16)19(32)17-14(25)4-5-15-20(17)37-21(33)30-15;1-35-9-30(37(33,34)11-2-3-13(24)12(7-11)21(26)27)16-6-10(23)8-28-18(16)19(31)17-14(25)4-5-15-20(17)36-22(32)29-15;21-8-5-14(29-35(32,33)9-1-2-11(22)10(6-9)20(24,25)26)16(27-7-8)17(30)15-12(23)3-4-13-18(15)34-19(31)28-13;1-25-7-22(12-4-8(16)6-21-13(12)15)26(23,24)9-2-3-11(17)10(5-9)14(18,19)20;1-12-6-4(9)2-3-5-7(6)13-8(11)10-5;/h2-8,19,32H,9H2,1H3,(H,30,33);2-8,19,21,31H,9H2,1H3,(H,29,32);1-7,29H,(H,28,31);2-6H,7H2,1H3;2-3H,1H3,(H,10,11);1H. The number of ether oxygens (including phenoxy) is 4. The van der Waals surface area contributed by atoms with Crippen LogP contribution >= 0.6 is 168 Å². The molecule has 0 fully saturated rings. The Balaban J connectivity index is 0.000000183. The molecular weight excluding hydrogens is 2450 g/mol. The second-order valence-electron chi connectivity index (χ2n) is 29.6. The molecule has 0 aliphatic heterocycles. The van der Waals surface area contributed by atoms with Crippen molar-refractivity contribution < 1.29 is 134 Å². The number of aliphatic hydroxyl groups excluding tert-OH is 2. The van der Waals surface area contributed by atoms with Gasteiger partial charge in [0.2, 0.25) is 5.78 Å². The van der Waals surface area contributed by atoms with Gasteiger partial charge in [0.1, 0.15) is 42.7 Å². The summed E-state index contributed by atoms with van der Waals surface area (Å²) in [5.41, 5.74) is -6.29.